The normalized spacial score (nSPS) is 11.8. The molecule has 1 aromatic carbocycles. The van der Waals surface area contributed by atoms with Crippen LogP contribution in [0.2, 0.25) is 0 Å². The molecule has 0 bridgehead atoms. The predicted octanol–water partition coefficient (Wildman–Crippen LogP) is 4.03. The lowest BCUT2D eigenvalue weighted by atomic mass is 10.2. The van der Waals surface area contributed by atoms with Gasteiger partial charge in [0.1, 0.15) is 5.75 Å². The van der Waals surface area contributed by atoms with Crippen molar-refractivity contribution in [1.82, 2.24) is 4.98 Å². The van der Waals surface area contributed by atoms with Crippen LogP contribution in [0.3, 0.4) is 0 Å². The van der Waals surface area contributed by atoms with Crippen LogP contribution < -0.4 is 4.74 Å². The zero-order valence-electron chi connectivity index (χ0n) is 8.46. The molecule has 0 atom stereocenters. The molecule has 17 heavy (non-hydrogen) atoms. The highest BCUT2D eigenvalue weighted by atomic mass is 79.9. The van der Waals surface area contributed by atoms with E-state index in [1.54, 1.807) is 12.1 Å². The van der Waals surface area contributed by atoms with Crippen LogP contribution in [-0.4, -0.2) is 11.3 Å². The Bertz CT molecular complexity index is 542. The molecule has 90 valence electrons. The molecule has 1 heterocycles. The number of rotatable bonds is 2. The summed E-state index contributed by atoms with van der Waals surface area (Å²) in [6, 6.07) is 7.52. The van der Waals surface area contributed by atoms with Crippen LogP contribution in [0.15, 0.2) is 30.3 Å². The number of hydrogen-bond donors (Lipinski definition) is 0. The van der Waals surface area contributed by atoms with Gasteiger partial charge in [0.25, 0.3) is 0 Å². The van der Waals surface area contributed by atoms with Gasteiger partial charge in [0.2, 0.25) is 0 Å². The third-order valence-corrected chi connectivity index (χ3v) is 2.66. The summed E-state index contributed by atoms with van der Waals surface area (Å²) in [5.41, 5.74) is 1.46. The van der Waals surface area contributed by atoms with Crippen molar-refractivity contribution in [2.45, 2.75) is 11.7 Å². The first-order valence-corrected chi connectivity index (χ1v) is 5.81. The number of alkyl halides is 4. The van der Waals surface area contributed by atoms with Gasteiger partial charge < -0.3 is 4.74 Å². The van der Waals surface area contributed by atoms with Gasteiger partial charge in [-0.15, -0.1) is 13.2 Å². The Kier molecular flexibility index (Phi) is 3.24. The van der Waals surface area contributed by atoms with E-state index in [1.807, 2.05) is 0 Å². The van der Waals surface area contributed by atoms with Crippen LogP contribution in [0.25, 0.3) is 10.9 Å². The zero-order chi connectivity index (χ0) is 12.5. The smallest absolute Gasteiger partial charge is 0.406 e. The van der Waals surface area contributed by atoms with E-state index < -0.39 is 6.36 Å². The van der Waals surface area contributed by atoms with Crippen LogP contribution in [0.4, 0.5) is 13.2 Å². The van der Waals surface area contributed by atoms with Gasteiger partial charge in [-0.2, -0.15) is 0 Å². The second-order valence-electron chi connectivity index (χ2n) is 3.34. The van der Waals surface area contributed by atoms with Crippen LogP contribution in [0.1, 0.15) is 5.69 Å². The van der Waals surface area contributed by atoms with Gasteiger partial charge in [-0.3, -0.25) is 4.98 Å². The Morgan fingerprint density at radius 1 is 1.18 bits per heavy atom. The van der Waals surface area contributed by atoms with Crippen LogP contribution in [-0.2, 0) is 5.33 Å². The van der Waals surface area contributed by atoms with E-state index in [0.717, 1.165) is 5.69 Å². The van der Waals surface area contributed by atoms with Gasteiger partial charge in [-0.25, -0.2) is 0 Å². The molecule has 0 amide bonds. The Hall–Kier alpha value is -1.30. The SMILES string of the molecule is FC(F)(F)Oc1ccc2nc(CBr)ccc2c1. The van der Waals surface area contributed by atoms with Gasteiger partial charge in [0, 0.05) is 10.7 Å². The number of hydrogen-bond acceptors (Lipinski definition) is 2. The van der Waals surface area contributed by atoms with E-state index in [0.29, 0.717) is 16.2 Å². The summed E-state index contributed by atoms with van der Waals surface area (Å²) < 4.78 is 39.9. The lowest BCUT2D eigenvalue weighted by Crippen LogP contribution is -2.17. The first-order chi connectivity index (χ1) is 7.98. The van der Waals surface area contributed by atoms with Crippen molar-refractivity contribution in [3.05, 3.63) is 36.0 Å². The maximum atomic E-state index is 12.0. The molecule has 0 spiro atoms. The van der Waals surface area contributed by atoms with Crippen LogP contribution in [0.5, 0.6) is 5.75 Å². The van der Waals surface area contributed by atoms with Crippen molar-refractivity contribution in [2.75, 3.05) is 0 Å². The monoisotopic (exact) mass is 305 g/mol. The number of halogens is 4. The minimum Gasteiger partial charge on any atom is -0.406 e. The van der Waals surface area contributed by atoms with E-state index >= 15 is 0 Å². The Morgan fingerprint density at radius 2 is 1.94 bits per heavy atom. The third-order valence-electron chi connectivity index (χ3n) is 2.09. The summed E-state index contributed by atoms with van der Waals surface area (Å²) in [7, 11) is 0. The molecule has 0 fully saturated rings. The number of pyridine rings is 1. The maximum Gasteiger partial charge on any atom is 0.573 e. The van der Waals surface area contributed by atoms with Crippen LogP contribution in [0, 0.1) is 0 Å². The fourth-order valence-electron chi connectivity index (χ4n) is 1.42. The van der Waals surface area contributed by atoms with Gasteiger partial charge >= 0.3 is 6.36 Å². The number of benzene rings is 1. The molecule has 0 N–H and O–H groups in total. The number of nitrogens with zero attached hydrogens (tertiary/aromatic N) is 1. The van der Waals surface area contributed by atoms with E-state index in [1.165, 1.54) is 18.2 Å². The summed E-state index contributed by atoms with van der Waals surface area (Å²) in [5, 5.41) is 1.21. The quantitative estimate of drug-likeness (QED) is 0.782. The van der Waals surface area contributed by atoms with Crippen LogP contribution >= 0.6 is 15.9 Å². The van der Waals surface area contributed by atoms with Crippen molar-refractivity contribution >= 4 is 26.8 Å². The number of ether oxygens (including phenoxy) is 1. The van der Waals surface area contributed by atoms with Crippen molar-refractivity contribution in [3.63, 3.8) is 0 Å². The molecular formula is C11H7BrF3NO. The average molecular weight is 306 g/mol. The van der Waals surface area contributed by atoms with Gasteiger partial charge in [-0.1, -0.05) is 22.0 Å². The Labute approximate surface area is 104 Å². The minimum absolute atomic E-state index is 0.238. The minimum atomic E-state index is -4.67. The Balaban J connectivity index is 2.38. The highest BCUT2D eigenvalue weighted by molar-refractivity contribution is 9.08. The Morgan fingerprint density at radius 3 is 2.59 bits per heavy atom. The molecule has 0 unspecified atom stereocenters. The molecule has 2 rings (SSSR count). The molecule has 0 radical (unpaired) electrons. The average Bonchev–Trinajstić information content (AvgIpc) is 2.26. The largest absolute Gasteiger partial charge is 0.573 e. The van der Waals surface area contributed by atoms with Crippen molar-refractivity contribution in [3.8, 4) is 5.75 Å². The summed E-state index contributed by atoms with van der Waals surface area (Å²) in [5.74, 6) is -0.238. The lowest BCUT2D eigenvalue weighted by molar-refractivity contribution is -0.274. The molecule has 0 aliphatic rings. The lowest BCUT2D eigenvalue weighted by Gasteiger charge is -2.09. The van der Waals surface area contributed by atoms with Gasteiger partial charge in [-0.05, 0) is 24.3 Å². The number of aromatic nitrogens is 1. The molecule has 1 aromatic heterocycles. The fourth-order valence-corrected chi connectivity index (χ4v) is 1.73. The second kappa shape index (κ2) is 4.52. The molecular weight excluding hydrogens is 299 g/mol. The van der Waals surface area contributed by atoms with Crippen molar-refractivity contribution < 1.29 is 17.9 Å². The second-order valence-corrected chi connectivity index (χ2v) is 3.90. The topological polar surface area (TPSA) is 22.1 Å². The van der Waals surface area contributed by atoms with E-state index in [-0.39, 0.29) is 5.75 Å². The molecule has 2 nitrogen and oxygen atoms in total. The third kappa shape index (κ3) is 3.09. The molecule has 0 aliphatic heterocycles. The maximum absolute atomic E-state index is 12.0. The number of fused-ring (bicyclic) bond motifs is 1. The molecule has 6 heteroatoms. The molecule has 0 saturated heterocycles. The van der Waals surface area contributed by atoms with Crippen molar-refractivity contribution in [2.24, 2.45) is 0 Å². The van der Waals surface area contributed by atoms with E-state index in [4.69, 9.17) is 0 Å². The van der Waals surface area contributed by atoms with Crippen molar-refractivity contribution in [1.29, 1.82) is 0 Å². The van der Waals surface area contributed by atoms with Gasteiger partial charge in [0.15, 0.2) is 0 Å². The summed E-state index contributed by atoms with van der Waals surface area (Å²) in [4.78, 5) is 4.25. The molecule has 2 aromatic rings. The van der Waals surface area contributed by atoms with E-state index in [2.05, 4.69) is 25.7 Å². The highest BCUT2D eigenvalue weighted by Gasteiger charge is 2.31. The summed E-state index contributed by atoms with van der Waals surface area (Å²) in [6.07, 6.45) is -4.67. The standard InChI is InChI=1S/C11H7BrF3NO/c12-6-8-2-1-7-5-9(17-11(13,14)15)3-4-10(7)16-8/h1-5H,6H2. The summed E-state index contributed by atoms with van der Waals surface area (Å²) >= 11 is 3.26. The van der Waals surface area contributed by atoms with Gasteiger partial charge in [0.05, 0.1) is 11.2 Å². The first kappa shape index (κ1) is 12.2. The fraction of sp³-hybridized carbons (Fsp3) is 0.182. The zero-order valence-corrected chi connectivity index (χ0v) is 10.0. The predicted molar refractivity (Wildman–Crippen MR) is 61.1 cm³/mol. The van der Waals surface area contributed by atoms with E-state index in [9.17, 15) is 13.2 Å². The first-order valence-electron chi connectivity index (χ1n) is 4.69. The molecule has 0 aliphatic carbocycles. The molecule has 0 saturated carbocycles. The summed E-state index contributed by atoms with van der Waals surface area (Å²) in [6.45, 7) is 0. The highest BCUT2D eigenvalue weighted by Crippen LogP contribution is 2.26.